The molecule has 0 saturated heterocycles. The zero-order valence-corrected chi connectivity index (χ0v) is 14.6. The van der Waals surface area contributed by atoms with Crippen molar-refractivity contribution in [1.82, 2.24) is 24.7 Å². The van der Waals surface area contributed by atoms with Crippen LogP contribution in [0.5, 0.6) is 0 Å². The molecule has 2 aromatic heterocycles. The first-order chi connectivity index (χ1) is 12.3. The Morgan fingerprint density at radius 2 is 2.12 bits per heavy atom. The number of hydrogen-bond donors (Lipinski definition) is 1. The third-order valence-corrected chi connectivity index (χ3v) is 6.35. The Morgan fingerprint density at radius 3 is 2.73 bits per heavy atom. The highest BCUT2D eigenvalue weighted by Crippen LogP contribution is 2.36. The van der Waals surface area contributed by atoms with E-state index in [0.29, 0.717) is 35.1 Å². The highest BCUT2D eigenvalue weighted by molar-refractivity contribution is 7.89. The molecule has 0 atom stereocenters. The first kappa shape index (κ1) is 17.0. The summed E-state index contributed by atoms with van der Waals surface area (Å²) in [5, 5.41) is 20.6. The van der Waals surface area contributed by atoms with Crippen molar-refractivity contribution in [3.63, 3.8) is 0 Å². The van der Waals surface area contributed by atoms with Crippen molar-refractivity contribution in [2.75, 3.05) is 0 Å². The SMILES string of the molecule is N#CC1(NS(=O)(=O)c2ccc3cn(-c4nnc(C(F)F)s4)nc3c2)CC1. The van der Waals surface area contributed by atoms with Gasteiger partial charge < -0.3 is 0 Å². The minimum Gasteiger partial charge on any atom is -0.211 e. The number of fused-ring (bicyclic) bond motifs is 1. The van der Waals surface area contributed by atoms with E-state index in [0.717, 1.165) is 0 Å². The summed E-state index contributed by atoms with van der Waals surface area (Å²) in [5.74, 6) is 0. The number of hydrogen-bond acceptors (Lipinski definition) is 7. The minimum absolute atomic E-state index is 0.0256. The summed E-state index contributed by atoms with van der Waals surface area (Å²) >= 11 is 0.700. The average Bonchev–Trinajstić information content (AvgIpc) is 3.02. The van der Waals surface area contributed by atoms with Gasteiger partial charge in [0.2, 0.25) is 15.2 Å². The zero-order valence-electron chi connectivity index (χ0n) is 12.9. The van der Waals surface area contributed by atoms with Crippen LogP contribution in [0.15, 0.2) is 29.3 Å². The smallest absolute Gasteiger partial charge is 0.211 e. The second kappa shape index (κ2) is 5.76. The maximum atomic E-state index is 12.6. The normalized spacial score (nSPS) is 16.1. The molecule has 1 aliphatic carbocycles. The van der Waals surface area contributed by atoms with Crippen molar-refractivity contribution in [3.05, 3.63) is 29.4 Å². The Bertz CT molecular complexity index is 1140. The molecule has 0 unspecified atom stereocenters. The van der Waals surface area contributed by atoms with Crippen LogP contribution in [0.3, 0.4) is 0 Å². The molecular formula is C14H10F2N6O2S2. The van der Waals surface area contributed by atoms with E-state index in [9.17, 15) is 17.2 Å². The molecule has 2 heterocycles. The fourth-order valence-corrected chi connectivity index (χ4v) is 4.37. The topological polar surface area (TPSA) is 114 Å². The van der Waals surface area contributed by atoms with E-state index in [-0.39, 0.29) is 10.0 Å². The second-order valence-electron chi connectivity index (χ2n) is 5.82. The van der Waals surface area contributed by atoms with E-state index in [1.54, 1.807) is 12.3 Å². The van der Waals surface area contributed by atoms with E-state index in [4.69, 9.17) is 5.26 Å². The number of nitriles is 1. The summed E-state index contributed by atoms with van der Waals surface area (Å²) in [4.78, 5) is -0.0256. The fourth-order valence-electron chi connectivity index (χ4n) is 2.35. The summed E-state index contributed by atoms with van der Waals surface area (Å²) in [6.07, 6.45) is -0.220. The molecule has 26 heavy (non-hydrogen) atoms. The number of sulfonamides is 1. The molecule has 0 bridgehead atoms. The number of nitrogens with zero attached hydrogens (tertiary/aromatic N) is 5. The summed E-state index contributed by atoms with van der Waals surface area (Å²) in [7, 11) is -3.87. The lowest BCUT2D eigenvalue weighted by Gasteiger charge is -2.09. The molecule has 0 amide bonds. The predicted molar refractivity (Wildman–Crippen MR) is 87.4 cm³/mol. The van der Waals surface area contributed by atoms with Crippen molar-refractivity contribution in [2.24, 2.45) is 0 Å². The highest BCUT2D eigenvalue weighted by atomic mass is 32.2. The van der Waals surface area contributed by atoms with Gasteiger partial charge in [-0.25, -0.2) is 21.9 Å². The van der Waals surface area contributed by atoms with Crippen LogP contribution >= 0.6 is 11.3 Å². The Morgan fingerprint density at radius 1 is 1.35 bits per heavy atom. The van der Waals surface area contributed by atoms with Crippen molar-refractivity contribution in [2.45, 2.75) is 29.7 Å². The van der Waals surface area contributed by atoms with Crippen molar-refractivity contribution < 1.29 is 17.2 Å². The second-order valence-corrected chi connectivity index (χ2v) is 8.49. The molecule has 134 valence electrons. The number of rotatable bonds is 5. The first-order valence-corrected chi connectivity index (χ1v) is 9.68. The van der Waals surface area contributed by atoms with Gasteiger partial charge in [0.15, 0.2) is 5.01 Å². The average molecular weight is 396 g/mol. The maximum Gasteiger partial charge on any atom is 0.291 e. The number of aromatic nitrogens is 4. The van der Waals surface area contributed by atoms with Gasteiger partial charge in [-0.2, -0.15) is 15.1 Å². The van der Waals surface area contributed by atoms with Crippen LogP contribution in [-0.4, -0.2) is 33.9 Å². The van der Waals surface area contributed by atoms with Crippen LogP contribution < -0.4 is 4.72 Å². The number of benzene rings is 1. The van der Waals surface area contributed by atoms with Gasteiger partial charge in [-0.3, -0.25) is 0 Å². The van der Waals surface area contributed by atoms with Gasteiger partial charge >= 0.3 is 0 Å². The van der Waals surface area contributed by atoms with Gasteiger partial charge in [0.05, 0.1) is 16.5 Å². The molecule has 1 aromatic carbocycles. The Kier molecular flexibility index (Phi) is 3.76. The van der Waals surface area contributed by atoms with Crippen LogP contribution in [0, 0.1) is 11.3 Å². The molecule has 0 aliphatic heterocycles. The number of halogens is 2. The van der Waals surface area contributed by atoms with Gasteiger partial charge in [0.25, 0.3) is 6.43 Å². The van der Waals surface area contributed by atoms with E-state index in [1.807, 2.05) is 6.07 Å². The fraction of sp³-hybridized carbons (Fsp3) is 0.286. The highest BCUT2D eigenvalue weighted by Gasteiger charge is 2.46. The molecule has 1 fully saturated rings. The maximum absolute atomic E-state index is 12.6. The van der Waals surface area contributed by atoms with E-state index in [2.05, 4.69) is 20.0 Å². The first-order valence-electron chi connectivity index (χ1n) is 7.38. The Labute approximate surface area is 150 Å². The molecule has 3 aromatic rings. The molecule has 4 rings (SSSR count). The van der Waals surface area contributed by atoms with E-state index in [1.165, 1.54) is 16.8 Å². The number of nitrogens with one attached hydrogen (secondary N) is 1. The third kappa shape index (κ3) is 2.94. The van der Waals surface area contributed by atoms with Crippen LogP contribution in [-0.2, 0) is 10.0 Å². The van der Waals surface area contributed by atoms with Crippen LogP contribution in [0.1, 0.15) is 24.3 Å². The molecule has 1 N–H and O–H groups in total. The van der Waals surface area contributed by atoms with Crippen molar-refractivity contribution >= 4 is 32.3 Å². The van der Waals surface area contributed by atoms with Crippen LogP contribution in [0.4, 0.5) is 8.78 Å². The summed E-state index contributed by atoms with van der Waals surface area (Å²) in [6.45, 7) is 0. The summed E-state index contributed by atoms with van der Waals surface area (Å²) < 4.78 is 53.8. The Balaban J connectivity index is 1.68. The van der Waals surface area contributed by atoms with Gasteiger partial charge in [-0.05, 0) is 31.0 Å². The molecule has 8 nitrogen and oxygen atoms in total. The zero-order chi connectivity index (χ0) is 18.5. The van der Waals surface area contributed by atoms with Crippen LogP contribution in [0.2, 0.25) is 0 Å². The van der Waals surface area contributed by atoms with Gasteiger partial charge in [0.1, 0.15) is 5.54 Å². The minimum atomic E-state index is -3.87. The lowest BCUT2D eigenvalue weighted by molar-refractivity contribution is 0.150. The molecule has 0 radical (unpaired) electrons. The molecule has 1 aliphatic rings. The lowest BCUT2D eigenvalue weighted by atomic mass is 10.3. The molecule has 12 heteroatoms. The monoisotopic (exact) mass is 396 g/mol. The molecule has 1 saturated carbocycles. The van der Waals surface area contributed by atoms with Crippen LogP contribution in [0.25, 0.3) is 16.0 Å². The van der Waals surface area contributed by atoms with E-state index >= 15 is 0 Å². The Hall–Kier alpha value is -2.49. The third-order valence-electron chi connectivity index (χ3n) is 3.90. The van der Waals surface area contributed by atoms with Crippen molar-refractivity contribution in [1.29, 1.82) is 5.26 Å². The quantitative estimate of drug-likeness (QED) is 0.707. The van der Waals surface area contributed by atoms with Gasteiger partial charge in [0, 0.05) is 11.6 Å². The lowest BCUT2D eigenvalue weighted by Crippen LogP contribution is -2.35. The number of alkyl halides is 2. The largest absolute Gasteiger partial charge is 0.291 e. The molecule has 0 spiro atoms. The van der Waals surface area contributed by atoms with E-state index < -0.39 is 27.0 Å². The van der Waals surface area contributed by atoms with Gasteiger partial charge in [-0.15, -0.1) is 10.2 Å². The molecular weight excluding hydrogens is 386 g/mol. The van der Waals surface area contributed by atoms with Gasteiger partial charge in [-0.1, -0.05) is 11.3 Å². The standard InChI is InChI=1S/C14H10F2N6O2S2/c15-11(16)12-18-19-13(25-12)22-6-8-1-2-9(5-10(8)20-22)26(23,24)21-14(7-17)3-4-14/h1-2,5-6,11,21H,3-4H2. The van der Waals surface area contributed by atoms with Crippen molar-refractivity contribution in [3.8, 4) is 11.2 Å². The summed E-state index contributed by atoms with van der Waals surface area (Å²) in [6, 6.07) is 6.27. The predicted octanol–water partition coefficient (Wildman–Crippen LogP) is 2.15. The summed E-state index contributed by atoms with van der Waals surface area (Å²) in [5.41, 5.74) is -0.672.